The zero-order valence-electron chi connectivity index (χ0n) is 14.8. The molecule has 0 aromatic heterocycles. The lowest BCUT2D eigenvalue weighted by molar-refractivity contribution is -0.00284. The van der Waals surface area contributed by atoms with Crippen molar-refractivity contribution in [1.29, 1.82) is 0 Å². The van der Waals surface area contributed by atoms with Gasteiger partial charge in [0.25, 0.3) is 0 Å². The van der Waals surface area contributed by atoms with E-state index in [1.807, 2.05) is 0 Å². The van der Waals surface area contributed by atoms with Crippen molar-refractivity contribution in [3.63, 3.8) is 0 Å². The van der Waals surface area contributed by atoms with Gasteiger partial charge in [0.05, 0.1) is 0 Å². The van der Waals surface area contributed by atoms with Crippen molar-refractivity contribution in [3.05, 3.63) is 0 Å². The van der Waals surface area contributed by atoms with E-state index < -0.39 is 0 Å². The maximum atomic E-state index is 6.38. The van der Waals surface area contributed by atoms with Crippen LogP contribution in [0, 0.1) is 11.8 Å². The van der Waals surface area contributed by atoms with E-state index in [-0.39, 0.29) is 5.54 Å². The molecule has 0 bridgehead atoms. The number of likely N-dealkylation sites (tertiary alicyclic amines) is 1. The molecule has 2 rings (SSSR count). The van der Waals surface area contributed by atoms with E-state index in [4.69, 9.17) is 5.73 Å². The molecule has 2 N–H and O–H groups in total. The fraction of sp³-hybridized carbons (Fsp3) is 1.00. The summed E-state index contributed by atoms with van der Waals surface area (Å²) < 4.78 is 0. The number of likely N-dealkylation sites (N-methyl/N-ethyl adjacent to an activating group) is 1. The number of hydrogen-bond acceptors (Lipinski definition) is 3. The normalized spacial score (nSPS) is 35.0. The summed E-state index contributed by atoms with van der Waals surface area (Å²) >= 11 is 0. The molecular weight excluding hydrogens is 258 g/mol. The molecule has 0 radical (unpaired) electrons. The minimum atomic E-state index is 0.286. The van der Waals surface area contributed by atoms with Crippen LogP contribution in [0.5, 0.6) is 0 Å². The predicted octanol–water partition coefficient (Wildman–Crippen LogP) is 2.95. The van der Waals surface area contributed by atoms with Crippen LogP contribution in [0.15, 0.2) is 0 Å². The van der Waals surface area contributed by atoms with Crippen molar-refractivity contribution in [3.8, 4) is 0 Å². The van der Waals surface area contributed by atoms with E-state index in [2.05, 4.69) is 37.5 Å². The van der Waals surface area contributed by atoms with Crippen molar-refractivity contribution in [2.45, 2.75) is 71.4 Å². The smallest absolute Gasteiger partial charge is 0.0362 e. The van der Waals surface area contributed by atoms with Gasteiger partial charge in [-0.15, -0.1) is 0 Å². The van der Waals surface area contributed by atoms with E-state index in [9.17, 15) is 0 Å². The maximum Gasteiger partial charge on any atom is 0.0362 e. The zero-order valence-corrected chi connectivity index (χ0v) is 14.8. The summed E-state index contributed by atoms with van der Waals surface area (Å²) in [5.74, 6) is 1.54. The highest BCUT2D eigenvalue weighted by Crippen LogP contribution is 2.43. The van der Waals surface area contributed by atoms with E-state index >= 15 is 0 Å². The first-order valence-electron chi connectivity index (χ1n) is 9.28. The van der Waals surface area contributed by atoms with Crippen molar-refractivity contribution < 1.29 is 0 Å². The average molecular weight is 296 g/mol. The van der Waals surface area contributed by atoms with Crippen molar-refractivity contribution in [2.75, 3.05) is 32.7 Å². The van der Waals surface area contributed by atoms with Gasteiger partial charge in [-0.2, -0.15) is 0 Å². The third-order valence-corrected chi connectivity index (χ3v) is 6.35. The molecule has 0 spiro atoms. The largest absolute Gasteiger partial charge is 0.329 e. The van der Waals surface area contributed by atoms with Crippen LogP contribution in [0.3, 0.4) is 0 Å². The maximum absolute atomic E-state index is 6.38. The Morgan fingerprint density at radius 2 is 1.90 bits per heavy atom. The highest BCUT2D eigenvalue weighted by Gasteiger charge is 2.47. The minimum Gasteiger partial charge on any atom is -0.329 e. The summed E-state index contributed by atoms with van der Waals surface area (Å²) in [6.07, 6.45) is 6.79. The summed E-state index contributed by atoms with van der Waals surface area (Å²) in [5, 5.41) is 0. The Kier molecular flexibility index (Phi) is 6.10. The molecule has 1 heterocycles. The van der Waals surface area contributed by atoms with Gasteiger partial charge in [-0.1, -0.05) is 40.5 Å². The van der Waals surface area contributed by atoms with E-state index in [0.29, 0.717) is 0 Å². The SMILES string of the molecule is CCN(CC)C1CCN(C2(CN)CCCCC2C(C)C)C1. The van der Waals surface area contributed by atoms with Gasteiger partial charge in [0.2, 0.25) is 0 Å². The first kappa shape index (κ1) is 17.2. The quantitative estimate of drug-likeness (QED) is 0.818. The Morgan fingerprint density at radius 3 is 2.48 bits per heavy atom. The van der Waals surface area contributed by atoms with Gasteiger partial charge in [-0.3, -0.25) is 9.80 Å². The number of nitrogens with two attached hydrogens (primary N) is 1. The van der Waals surface area contributed by atoms with Gasteiger partial charge in [0.1, 0.15) is 0 Å². The van der Waals surface area contributed by atoms with Gasteiger partial charge >= 0.3 is 0 Å². The summed E-state index contributed by atoms with van der Waals surface area (Å²) in [5.41, 5.74) is 6.66. The molecule has 21 heavy (non-hydrogen) atoms. The zero-order chi connectivity index (χ0) is 15.5. The predicted molar refractivity (Wildman–Crippen MR) is 91.5 cm³/mol. The van der Waals surface area contributed by atoms with Gasteiger partial charge in [-0.25, -0.2) is 0 Å². The summed E-state index contributed by atoms with van der Waals surface area (Å²) in [7, 11) is 0. The standard InChI is InChI=1S/C18H37N3/c1-5-20(6-2)16-10-12-21(13-16)18(14-19)11-8-7-9-17(18)15(3)4/h15-17H,5-14,19H2,1-4H3. The number of hydrogen-bond donors (Lipinski definition) is 1. The van der Waals surface area contributed by atoms with E-state index in [1.54, 1.807) is 0 Å². The second-order valence-corrected chi connectivity index (χ2v) is 7.51. The fourth-order valence-electron chi connectivity index (χ4n) is 5.16. The topological polar surface area (TPSA) is 32.5 Å². The Labute approximate surface area is 132 Å². The number of rotatable bonds is 6. The van der Waals surface area contributed by atoms with Crippen LogP contribution in [-0.4, -0.2) is 54.1 Å². The van der Waals surface area contributed by atoms with Gasteiger partial charge in [-0.05, 0) is 44.2 Å². The van der Waals surface area contributed by atoms with Crippen LogP contribution in [0.1, 0.15) is 59.8 Å². The molecule has 0 aromatic carbocycles. The minimum absolute atomic E-state index is 0.286. The lowest BCUT2D eigenvalue weighted by Crippen LogP contribution is -2.61. The molecule has 2 aliphatic rings. The van der Waals surface area contributed by atoms with Crippen LogP contribution in [0.25, 0.3) is 0 Å². The monoisotopic (exact) mass is 295 g/mol. The molecule has 0 aromatic rings. The van der Waals surface area contributed by atoms with Gasteiger partial charge in [0, 0.05) is 31.2 Å². The lowest BCUT2D eigenvalue weighted by Gasteiger charge is -2.51. The van der Waals surface area contributed by atoms with Crippen molar-refractivity contribution in [1.82, 2.24) is 9.80 Å². The highest BCUT2D eigenvalue weighted by molar-refractivity contribution is 5.04. The first-order chi connectivity index (χ1) is 10.1. The Balaban J connectivity index is 2.13. The van der Waals surface area contributed by atoms with Crippen molar-refractivity contribution in [2.24, 2.45) is 17.6 Å². The fourth-order valence-corrected chi connectivity index (χ4v) is 5.16. The van der Waals surface area contributed by atoms with E-state index in [1.165, 1.54) is 58.3 Å². The first-order valence-corrected chi connectivity index (χ1v) is 9.28. The molecule has 2 fully saturated rings. The second-order valence-electron chi connectivity index (χ2n) is 7.51. The van der Waals surface area contributed by atoms with Crippen LogP contribution in [0.4, 0.5) is 0 Å². The van der Waals surface area contributed by atoms with Crippen LogP contribution >= 0.6 is 0 Å². The van der Waals surface area contributed by atoms with Crippen LogP contribution in [0.2, 0.25) is 0 Å². The third-order valence-electron chi connectivity index (χ3n) is 6.35. The van der Waals surface area contributed by atoms with E-state index in [0.717, 1.165) is 24.4 Å². The second kappa shape index (κ2) is 7.43. The molecule has 1 aliphatic heterocycles. The Morgan fingerprint density at radius 1 is 1.19 bits per heavy atom. The van der Waals surface area contributed by atoms with Crippen LogP contribution in [-0.2, 0) is 0 Å². The van der Waals surface area contributed by atoms with Crippen LogP contribution < -0.4 is 5.73 Å². The molecule has 0 amide bonds. The molecule has 3 heteroatoms. The summed E-state index contributed by atoms with van der Waals surface area (Å²) in [6, 6.07) is 0.748. The molecule has 1 saturated heterocycles. The van der Waals surface area contributed by atoms with Gasteiger partial charge in [0.15, 0.2) is 0 Å². The molecule has 3 unspecified atom stereocenters. The molecule has 1 saturated carbocycles. The van der Waals surface area contributed by atoms with Gasteiger partial charge < -0.3 is 5.73 Å². The molecule has 3 nitrogen and oxygen atoms in total. The van der Waals surface area contributed by atoms with Crippen molar-refractivity contribution >= 4 is 0 Å². The third kappa shape index (κ3) is 3.30. The molecule has 3 atom stereocenters. The lowest BCUT2D eigenvalue weighted by atomic mass is 9.67. The Hall–Kier alpha value is -0.120. The molecule has 124 valence electrons. The summed E-state index contributed by atoms with van der Waals surface area (Å²) in [6.45, 7) is 15.1. The average Bonchev–Trinajstić information content (AvgIpc) is 2.98. The number of nitrogens with zero attached hydrogens (tertiary/aromatic N) is 2. The summed E-state index contributed by atoms with van der Waals surface area (Å²) in [4.78, 5) is 5.43. The molecular formula is C18H37N3. The Bertz CT molecular complexity index is 314. The molecule has 1 aliphatic carbocycles. The highest BCUT2D eigenvalue weighted by atomic mass is 15.3.